The van der Waals surface area contributed by atoms with E-state index in [4.69, 9.17) is 4.74 Å². The van der Waals surface area contributed by atoms with Gasteiger partial charge in [-0.15, -0.1) is 0 Å². The van der Waals surface area contributed by atoms with Crippen LogP contribution in [-0.2, 0) is 14.8 Å². The number of hydrogen-bond donors (Lipinski definition) is 0. The summed E-state index contributed by atoms with van der Waals surface area (Å²) in [6, 6.07) is 3.26. The average molecular weight is 489 g/mol. The molecule has 2 heterocycles. The number of rotatable bonds is 5. The Labute approximate surface area is 201 Å². The van der Waals surface area contributed by atoms with Crippen LogP contribution in [0.15, 0.2) is 17.0 Å². The maximum Gasteiger partial charge on any atom is 0.342 e. The molecule has 1 fully saturated rings. The average Bonchev–Trinajstić information content (AvgIpc) is 2.71. The van der Waals surface area contributed by atoms with E-state index in [-0.39, 0.29) is 37.5 Å². The Morgan fingerprint density at radius 2 is 1.68 bits per heavy atom. The number of amides is 1. The number of piperazine rings is 1. The first kappa shape index (κ1) is 25.8. The lowest BCUT2D eigenvalue weighted by Gasteiger charge is -2.39. The maximum absolute atomic E-state index is 13.5. The molecule has 10 heteroatoms. The van der Waals surface area contributed by atoms with Crippen LogP contribution in [0, 0.1) is 34.6 Å². The van der Waals surface area contributed by atoms with Crippen molar-refractivity contribution in [2.45, 2.75) is 59.4 Å². The lowest BCUT2D eigenvalue weighted by Crippen LogP contribution is -2.55. The molecule has 0 bridgehead atoms. The summed E-state index contributed by atoms with van der Waals surface area (Å²) in [4.78, 5) is 36.2. The van der Waals surface area contributed by atoms with Crippen molar-refractivity contribution in [1.82, 2.24) is 19.2 Å². The first-order valence-electron chi connectivity index (χ1n) is 11.3. The van der Waals surface area contributed by atoms with E-state index in [9.17, 15) is 18.0 Å². The molecule has 1 aromatic heterocycles. The van der Waals surface area contributed by atoms with Crippen LogP contribution in [0.4, 0.5) is 0 Å². The fourth-order valence-electron chi connectivity index (χ4n) is 4.64. The van der Waals surface area contributed by atoms with Gasteiger partial charge < -0.3 is 9.64 Å². The molecule has 1 atom stereocenters. The molecule has 3 rings (SSSR count). The molecular formula is C24H32N4O5S. The van der Waals surface area contributed by atoms with Crippen LogP contribution in [0.1, 0.15) is 62.9 Å². The molecule has 0 radical (unpaired) electrons. The minimum atomic E-state index is -3.75. The number of ether oxygens (including phenoxy) is 1. The van der Waals surface area contributed by atoms with E-state index in [2.05, 4.69) is 9.97 Å². The number of sulfonamides is 1. The van der Waals surface area contributed by atoms with Gasteiger partial charge in [0.2, 0.25) is 10.0 Å². The number of esters is 1. The highest BCUT2D eigenvalue weighted by Crippen LogP contribution is 2.28. The van der Waals surface area contributed by atoms with Gasteiger partial charge in [-0.3, -0.25) is 4.79 Å². The van der Waals surface area contributed by atoms with E-state index in [1.54, 1.807) is 41.5 Å². The predicted molar refractivity (Wildman–Crippen MR) is 127 cm³/mol. The maximum atomic E-state index is 13.5. The first-order valence-corrected chi connectivity index (χ1v) is 12.7. The van der Waals surface area contributed by atoms with Crippen LogP contribution in [0.2, 0.25) is 0 Å². The third kappa shape index (κ3) is 4.83. The van der Waals surface area contributed by atoms with Crippen LogP contribution in [0.25, 0.3) is 0 Å². The van der Waals surface area contributed by atoms with Crippen LogP contribution in [0.5, 0.6) is 0 Å². The molecule has 0 N–H and O–H groups in total. The standard InChI is InChI=1S/C24H32N4O5S/c1-8-33-24(30)20-18(6)25-19(7)26-21(20)23(29)27-9-10-28(17(5)13-27)34(31,32)22-15(3)11-14(2)12-16(22)4/h11-12,17H,8-10,13H2,1-7H3. The summed E-state index contributed by atoms with van der Waals surface area (Å²) >= 11 is 0. The van der Waals surface area contributed by atoms with Gasteiger partial charge >= 0.3 is 5.97 Å². The second kappa shape index (κ2) is 9.79. The Bertz CT molecular complexity index is 1220. The van der Waals surface area contributed by atoms with E-state index in [1.165, 1.54) is 9.21 Å². The Balaban J connectivity index is 1.90. The van der Waals surface area contributed by atoms with Crippen LogP contribution >= 0.6 is 0 Å². The van der Waals surface area contributed by atoms with Gasteiger partial charge in [-0.1, -0.05) is 17.7 Å². The van der Waals surface area contributed by atoms with Crippen molar-refractivity contribution in [2.24, 2.45) is 0 Å². The van der Waals surface area contributed by atoms with Crippen LogP contribution < -0.4 is 0 Å². The number of carbonyl (C=O) groups is 2. The molecule has 9 nitrogen and oxygen atoms in total. The third-order valence-electron chi connectivity index (χ3n) is 5.91. The summed E-state index contributed by atoms with van der Waals surface area (Å²) in [5.74, 6) is -0.723. The molecule has 0 aliphatic carbocycles. The summed E-state index contributed by atoms with van der Waals surface area (Å²) in [6.07, 6.45) is 0. The number of aryl methyl sites for hydroxylation is 5. The van der Waals surface area contributed by atoms with Crippen LogP contribution in [0.3, 0.4) is 0 Å². The van der Waals surface area contributed by atoms with Crippen molar-refractivity contribution in [2.75, 3.05) is 26.2 Å². The Kier molecular flexibility index (Phi) is 7.42. The van der Waals surface area contributed by atoms with E-state index in [0.717, 1.165) is 5.56 Å². The topological polar surface area (TPSA) is 110 Å². The summed E-state index contributed by atoms with van der Waals surface area (Å²) in [5.41, 5.74) is 2.81. The van der Waals surface area contributed by atoms with Gasteiger partial charge in [-0.05, 0) is 59.6 Å². The molecule has 0 spiro atoms. The molecule has 1 aliphatic heterocycles. The van der Waals surface area contributed by atoms with Crippen molar-refractivity contribution in [1.29, 1.82) is 0 Å². The Hall–Kier alpha value is -2.85. The van der Waals surface area contributed by atoms with E-state index >= 15 is 0 Å². The van der Waals surface area contributed by atoms with E-state index in [0.29, 0.717) is 27.5 Å². The van der Waals surface area contributed by atoms with E-state index < -0.39 is 27.9 Å². The Morgan fingerprint density at radius 1 is 1.06 bits per heavy atom. The fourth-order valence-corrected chi connectivity index (χ4v) is 6.67. The van der Waals surface area contributed by atoms with Gasteiger partial charge in [0.15, 0.2) is 0 Å². The van der Waals surface area contributed by atoms with Crippen molar-refractivity contribution in [3.05, 3.63) is 51.6 Å². The zero-order chi connectivity index (χ0) is 25.4. The molecule has 184 valence electrons. The minimum absolute atomic E-state index is 0.0165. The molecule has 1 unspecified atom stereocenters. The Morgan fingerprint density at radius 3 is 2.24 bits per heavy atom. The monoisotopic (exact) mass is 488 g/mol. The van der Waals surface area contributed by atoms with Gasteiger partial charge in [-0.25, -0.2) is 23.2 Å². The summed E-state index contributed by atoms with van der Waals surface area (Å²) < 4.78 is 33.6. The van der Waals surface area contributed by atoms with Gasteiger partial charge in [0.1, 0.15) is 17.1 Å². The third-order valence-corrected chi connectivity index (χ3v) is 8.23. The van der Waals surface area contributed by atoms with Gasteiger partial charge in [0, 0.05) is 25.7 Å². The van der Waals surface area contributed by atoms with Crippen LogP contribution in [-0.4, -0.2) is 71.8 Å². The van der Waals surface area contributed by atoms with Gasteiger partial charge in [-0.2, -0.15) is 4.31 Å². The highest BCUT2D eigenvalue weighted by atomic mass is 32.2. The van der Waals surface area contributed by atoms with Gasteiger partial charge in [0.25, 0.3) is 5.91 Å². The minimum Gasteiger partial charge on any atom is -0.462 e. The quantitative estimate of drug-likeness (QED) is 0.595. The lowest BCUT2D eigenvalue weighted by molar-refractivity contribution is 0.0509. The normalized spacial score (nSPS) is 17.0. The summed E-state index contributed by atoms with van der Waals surface area (Å²) in [5, 5.41) is 0. The van der Waals surface area contributed by atoms with Crippen molar-refractivity contribution >= 4 is 21.9 Å². The second-order valence-corrected chi connectivity index (χ2v) is 10.6. The first-order chi connectivity index (χ1) is 15.9. The van der Waals surface area contributed by atoms with Crippen molar-refractivity contribution < 1.29 is 22.7 Å². The molecule has 1 saturated heterocycles. The molecular weight excluding hydrogens is 456 g/mol. The number of hydrogen-bond acceptors (Lipinski definition) is 7. The second-order valence-electron chi connectivity index (χ2n) is 8.74. The van der Waals surface area contributed by atoms with E-state index in [1.807, 2.05) is 19.1 Å². The largest absolute Gasteiger partial charge is 0.462 e. The van der Waals surface area contributed by atoms with Gasteiger partial charge in [0.05, 0.1) is 17.2 Å². The molecule has 0 saturated carbocycles. The molecule has 1 aliphatic rings. The number of aromatic nitrogens is 2. The fraction of sp³-hybridized carbons (Fsp3) is 0.500. The molecule has 34 heavy (non-hydrogen) atoms. The number of benzene rings is 1. The smallest absolute Gasteiger partial charge is 0.342 e. The SMILES string of the molecule is CCOC(=O)c1c(C)nc(C)nc1C(=O)N1CCN(S(=O)(=O)c2c(C)cc(C)cc2C)C(C)C1. The molecule has 2 aromatic rings. The summed E-state index contributed by atoms with van der Waals surface area (Å²) in [6.45, 7) is 12.9. The summed E-state index contributed by atoms with van der Waals surface area (Å²) in [7, 11) is -3.75. The molecule has 1 aromatic carbocycles. The van der Waals surface area contributed by atoms with Crippen molar-refractivity contribution in [3.8, 4) is 0 Å². The zero-order valence-corrected chi connectivity index (χ0v) is 21.6. The zero-order valence-electron chi connectivity index (χ0n) is 20.8. The highest BCUT2D eigenvalue weighted by Gasteiger charge is 2.38. The number of carbonyl (C=O) groups excluding carboxylic acids is 2. The predicted octanol–water partition coefficient (Wildman–Crippen LogP) is 2.73. The lowest BCUT2D eigenvalue weighted by atomic mass is 10.1. The van der Waals surface area contributed by atoms with Crippen molar-refractivity contribution in [3.63, 3.8) is 0 Å². The number of nitrogens with zero attached hydrogens (tertiary/aromatic N) is 4. The highest BCUT2D eigenvalue weighted by molar-refractivity contribution is 7.89. The molecule has 1 amide bonds.